The molecule has 35 heavy (non-hydrogen) atoms. The summed E-state index contributed by atoms with van der Waals surface area (Å²) >= 11 is 0. The summed E-state index contributed by atoms with van der Waals surface area (Å²) in [6.45, 7) is 3.57. The predicted molar refractivity (Wildman–Crippen MR) is 133 cm³/mol. The molecule has 0 aliphatic carbocycles. The Hall–Kier alpha value is -4.27. The van der Waals surface area contributed by atoms with Crippen LogP contribution in [0.1, 0.15) is 30.6 Å². The number of hydrogen-bond acceptors (Lipinski definition) is 6. The Kier molecular flexibility index (Phi) is 8.14. The van der Waals surface area contributed by atoms with Crippen molar-refractivity contribution in [1.82, 2.24) is 9.88 Å². The zero-order chi connectivity index (χ0) is 25.5. The quantitative estimate of drug-likeness (QED) is 0.422. The van der Waals surface area contributed by atoms with Gasteiger partial charge >= 0.3 is 12.0 Å². The molecule has 1 heterocycles. The molecule has 9 nitrogen and oxygen atoms in total. The van der Waals surface area contributed by atoms with Crippen LogP contribution in [0.5, 0.6) is 11.5 Å². The molecule has 184 valence electrons. The average molecular weight is 480 g/mol. The minimum atomic E-state index is -0.754. The number of nitrogens with zero attached hydrogens (tertiary/aromatic N) is 1. The van der Waals surface area contributed by atoms with Crippen molar-refractivity contribution >= 4 is 17.7 Å². The lowest BCUT2D eigenvalue weighted by molar-refractivity contribution is -0.143. The minimum absolute atomic E-state index is 0.124. The fourth-order valence-electron chi connectivity index (χ4n) is 3.61. The van der Waals surface area contributed by atoms with Crippen molar-refractivity contribution in [2.24, 2.45) is 7.05 Å². The number of anilines is 1. The summed E-state index contributed by atoms with van der Waals surface area (Å²) in [6.07, 6.45) is -0.124. The van der Waals surface area contributed by atoms with Crippen molar-refractivity contribution in [3.63, 3.8) is 0 Å². The second kappa shape index (κ2) is 11.2. The van der Waals surface area contributed by atoms with Gasteiger partial charge in [0.05, 0.1) is 26.2 Å². The normalized spacial score (nSPS) is 11.4. The number of amides is 2. The van der Waals surface area contributed by atoms with E-state index in [1.807, 2.05) is 42.5 Å². The summed E-state index contributed by atoms with van der Waals surface area (Å²) in [5.41, 5.74) is 2.15. The molecule has 1 aromatic heterocycles. The SMILES string of the molecule is CCOC(=O)C[C@H](NC(=O)Nc1c(O)cc(C)n(C)c1=O)c1cccc(-c2cccc(OC)c2)c1. The molecule has 0 fully saturated rings. The van der Waals surface area contributed by atoms with Crippen LogP contribution in [0.4, 0.5) is 10.5 Å². The number of ether oxygens (including phenoxy) is 2. The standard InChI is InChI=1S/C26H29N3O6/c1-5-35-23(31)15-21(27-26(33)28-24-22(30)12-16(2)29(3)25(24)32)19-10-6-8-17(13-19)18-9-7-11-20(14-18)34-4/h6-14,21,30H,5,15H2,1-4H3,(H2,27,28,33)/t21-/m0/s1. The van der Waals surface area contributed by atoms with Crippen LogP contribution >= 0.6 is 0 Å². The van der Waals surface area contributed by atoms with E-state index in [9.17, 15) is 19.5 Å². The van der Waals surface area contributed by atoms with E-state index in [-0.39, 0.29) is 24.5 Å². The van der Waals surface area contributed by atoms with Gasteiger partial charge in [-0.25, -0.2) is 4.79 Å². The van der Waals surface area contributed by atoms with Crippen molar-refractivity contribution in [3.05, 3.63) is 76.2 Å². The summed E-state index contributed by atoms with van der Waals surface area (Å²) < 4.78 is 11.7. The van der Waals surface area contributed by atoms with Crippen LogP contribution < -0.4 is 20.9 Å². The van der Waals surface area contributed by atoms with E-state index in [0.717, 1.165) is 11.1 Å². The van der Waals surface area contributed by atoms with Crippen molar-refractivity contribution in [2.45, 2.75) is 26.3 Å². The van der Waals surface area contributed by atoms with Crippen LogP contribution in [0.3, 0.4) is 0 Å². The van der Waals surface area contributed by atoms with Crippen LogP contribution in [-0.2, 0) is 16.6 Å². The molecule has 9 heteroatoms. The zero-order valence-corrected chi connectivity index (χ0v) is 20.1. The molecular weight excluding hydrogens is 450 g/mol. The summed E-state index contributed by atoms with van der Waals surface area (Å²) in [5, 5.41) is 15.3. The second-order valence-corrected chi connectivity index (χ2v) is 7.93. The number of aryl methyl sites for hydroxylation is 1. The molecule has 1 atom stereocenters. The topological polar surface area (TPSA) is 119 Å². The summed E-state index contributed by atoms with van der Waals surface area (Å²) in [6, 6.07) is 14.8. The van der Waals surface area contributed by atoms with Gasteiger partial charge in [0.25, 0.3) is 5.56 Å². The van der Waals surface area contributed by atoms with Gasteiger partial charge in [0, 0.05) is 18.8 Å². The lowest BCUT2D eigenvalue weighted by atomic mass is 9.97. The summed E-state index contributed by atoms with van der Waals surface area (Å²) in [7, 11) is 3.13. The molecule has 0 radical (unpaired) electrons. The van der Waals surface area contributed by atoms with Crippen LogP contribution in [0.2, 0.25) is 0 Å². The molecule has 3 rings (SSSR count). The van der Waals surface area contributed by atoms with Gasteiger partial charge in [0.2, 0.25) is 0 Å². The fourth-order valence-corrected chi connectivity index (χ4v) is 3.61. The van der Waals surface area contributed by atoms with Gasteiger partial charge in [0.15, 0.2) is 5.69 Å². The highest BCUT2D eigenvalue weighted by molar-refractivity contribution is 5.91. The molecule has 0 bridgehead atoms. The first-order valence-electron chi connectivity index (χ1n) is 11.1. The number of carbonyl (C=O) groups is 2. The third-order valence-electron chi connectivity index (χ3n) is 5.56. The van der Waals surface area contributed by atoms with Gasteiger partial charge in [-0.15, -0.1) is 0 Å². The van der Waals surface area contributed by atoms with E-state index in [0.29, 0.717) is 17.0 Å². The van der Waals surface area contributed by atoms with E-state index < -0.39 is 23.6 Å². The number of nitrogens with one attached hydrogen (secondary N) is 2. The van der Waals surface area contributed by atoms with E-state index in [2.05, 4.69) is 10.6 Å². The Morgan fingerprint density at radius 1 is 1.09 bits per heavy atom. The van der Waals surface area contributed by atoms with Gasteiger partial charge in [-0.3, -0.25) is 9.59 Å². The van der Waals surface area contributed by atoms with Crippen LogP contribution in [0, 0.1) is 6.92 Å². The summed E-state index contributed by atoms with van der Waals surface area (Å²) in [4.78, 5) is 37.6. The summed E-state index contributed by atoms with van der Waals surface area (Å²) in [5.74, 6) is -0.130. The van der Waals surface area contributed by atoms with Gasteiger partial charge in [-0.2, -0.15) is 0 Å². The molecule has 0 aliphatic heterocycles. The first-order chi connectivity index (χ1) is 16.7. The third kappa shape index (κ3) is 6.20. The molecule has 2 amide bonds. The fraction of sp³-hybridized carbons (Fsp3) is 0.269. The van der Waals surface area contributed by atoms with Gasteiger partial charge in [0.1, 0.15) is 11.5 Å². The number of esters is 1. The van der Waals surface area contributed by atoms with E-state index in [4.69, 9.17) is 9.47 Å². The number of rotatable bonds is 8. The highest BCUT2D eigenvalue weighted by Crippen LogP contribution is 2.28. The number of urea groups is 1. The maximum Gasteiger partial charge on any atom is 0.319 e. The zero-order valence-electron chi connectivity index (χ0n) is 20.1. The lowest BCUT2D eigenvalue weighted by Gasteiger charge is -2.20. The molecular formula is C26H29N3O6. The molecule has 0 aliphatic rings. The molecule has 0 unspecified atom stereocenters. The van der Waals surface area contributed by atoms with Crippen LogP contribution in [0.25, 0.3) is 11.1 Å². The smallest absolute Gasteiger partial charge is 0.319 e. The third-order valence-corrected chi connectivity index (χ3v) is 5.56. The van der Waals surface area contributed by atoms with Crippen molar-refractivity contribution in [1.29, 1.82) is 0 Å². The van der Waals surface area contributed by atoms with E-state index in [1.165, 1.54) is 17.7 Å². The Morgan fingerprint density at radius 2 is 1.77 bits per heavy atom. The Balaban J connectivity index is 1.90. The van der Waals surface area contributed by atoms with Crippen LogP contribution in [0.15, 0.2) is 59.4 Å². The number of aromatic nitrogens is 1. The Labute approximate surface area is 203 Å². The molecule has 3 N–H and O–H groups in total. The van der Waals surface area contributed by atoms with Crippen molar-refractivity contribution < 1.29 is 24.2 Å². The minimum Gasteiger partial charge on any atom is -0.505 e. The maximum atomic E-state index is 12.8. The molecule has 0 saturated heterocycles. The monoisotopic (exact) mass is 479 g/mol. The number of aromatic hydroxyl groups is 1. The Morgan fingerprint density at radius 3 is 2.46 bits per heavy atom. The van der Waals surface area contributed by atoms with Gasteiger partial charge < -0.3 is 29.8 Å². The van der Waals surface area contributed by atoms with Crippen LogP contribution in [-0.4, -0.2) is 35.4 Å². The average Bonchev–Trinajstić information content (AvgIpc) is 2.85. The van der Waals surface area contributed by atoms with E-state index >= 15 is 0 Å². The highest BCUT2D eigenvalue weighted by Gasteiger charge is 2.22. The lowest BCUT2D eigenvalue weighted by Crippen LogP contribution is -2.36. The van der Waals surface area contributed by atoms with Crippen molar-refractivity contribution in [3.8, 4) is 22.6 Å². The van der Waals surface area contributed by atoms with Gasteiger partial charge in [-0.05, 0) is 48.7 Å². The number of pyridine rings is 1. The first-order valence-corrected chi connectivity index (χ1v) is 11.1. The van der Waals surface area contributed by atoms with Crippen molar-refractivity contribution in [2.75, 3.05) is 19.0 Å². The van der Waals surface area contributed by atoms with E-state index in [1.54, 1.807) is 27.0 Å². The molecule has 3 aromatic rings. The van der Waals surface area contributed by atoms with Gasteiger partial charge in [-0.1, -0.05) is 30.3 Å². The number of benzene rings is 2. The number of carbonyl (C=O) groups excluding carboxylic acids is 2. The highest BCUT2D eigenvalue weighted by atomic mass is 16.5. The molecule has 2 aromatic carbocycles. The molecule has 0 spiro atoms. The largest absolute Gasteiger partial charge is 0.505 e. The Bertz CT molecular complexity index is 1280. The first kappa shape index (κ1) is 25.4. The second-order valence-electron chi connectivity index (χ2n) is 7.93. The molecule has 0 saturated carbocycles. The number of hydrogen-bond donors (Lipinski definition) is 3. The maximum absolute atomic E-state index is 12.8. The predicted octanol–water partition coefficient (Wildman–Crippen LogP) is 3.89. The number of methoxy groups -OCH3 is 1.